The molecule has 0 saturated carbocycles. The van der Waals surface area contributed by atoms with Gasteiger partial charge in [0.25, 0.3) is 0 Å². The third-order valence-electron chi connectivity index (χ3n) is 3.79. The van der Waals surface area contributed by atoms with E-state index in [0.29, 0.717) is 17.0 Å². The van der Waals surface area contributed by atoms with E-state index in [2.05, 4.69) is 36.8 Å². The Balaban J connectivity index is 1.80. The highest BCUT2D eigenvalue weighted by Crippen LogP contribution is 2.28. The molecule has 3 nitrogen and oxygen atoms in total. The van der Waals surface area contributed by atoms with Crippen LogP contribution in [0.5, 0.6) is 11.6 Å². The predicted molar refractivity (Wildman–Crippen MR) is 108 cm³/mol. The van der Waals surface area contributed by atoms with Gasteiger partial charge in [-0.15, -0.1) is 0 Å². The van der Waals surface area contributed by atoms with E-state index in [9.17, 15) is 0 Å². The van der Waals surface area contributed by atoms with Gasteiger partial charge in [-0.25, -0.2) is 4.98 Å². The average Bonchev–Trinajstić information content (AvgIpc) is 2.62. The Labute approximate surface area is 163 Å². The first-order valence-electron chi connectivity index (χ1n) is 8.50. The Morgan fingerprint density at radius 3 is 2.50 bits per heavy atom. The molecule has 0 unspecified atom stereocenters. The lowest BCUT2D eigenvalue weighted by atomic mass is 10.1. The van der Waals surface area contributed by atoms with Gasteiger partial charge in [-0.1, -0.05) is 67.0 Å². The molecular weight excluding hydrogens is 364 g/mol. The summed E-state index contributed by atoms with van der Waals surface area (Å²) < 4.78 is 5.95. The lowest BCUT2D eigenvalue weighted by molar-refractivity contribution is 0.452. The van der Waals surface area contributed by atoms with Crippen molar-refractivity contribution < 1.29 is 4.74 Å². The minimum atomic E-state index is 0.295. The van der Waals surface area contributed by atoms with Crippen molar-refractivity contribution in [3.05, 3.63) is 76.4 Å². The zero-order valence-corrected chi connectivity index (χ0v) is 16.6. The normalized spacial score (nSPS) is 11.0. The van der Waals surface area contributed by atoms with Crippen LogP contribution in [0.4, 0.5) is 0 Å². The third kappa shape index (κ3) is 5.23. The summed E-state index contributed by atoms with van der Waals surface area (Å²) in [5.74, 6) is 2.39. The van der Waals surface area contributed by atoms with Crippen LogP contribution >= 0.6 is 23.4 Å². The molecule has 1 heterocycles. The van der Waals surface area contributed by atoms with Gasteiger partial charge in [0, 0.05) is 16.8 Å². The Bertz CT molecular complexity index is 881. The van der Waals surface area contributed by atoms with Crippen molar-refractivity contribution in [3.63, 3.8) is 0 Å². The van der Waals surface area contributed by atoms with Crippen LogP contribution in [-0.4, -0.2) is 9.97 Å². The molecule has 5 heteroatoms. The first kappa shape index (κ1) is 18.7. The molecule has 0 aliphatic heterocycles. The summed E-state index contributed by atoms with van der Waals surface area (Å²) in [5.41, 5.74) is 3.30. The highest BCUT2D eigenvalue weighted by molar-refractivity contribution is 7.98. The molecule has 26 heavy (non-hydrogen) atoms. The second-order valence-electron chi connectivity index (χ2n) is 6.40. The maximum atomic E-state index is 6.06. The molecule has 0 saturated heterocycles. The lowest BCUT2D eigenvalue weighted by Crippen LogP contribution is -2.00. The molecule has 0 aliphatic carbocycles. The van der Waals surface area contributed by atoms with Crippen molar-refractivity contribution in [3.8, 4) is 11.6 Å². The zero-order chi connectivity index (χ0) is 18.5. The molecular formula is C21H21ClN2OS. The average molecular weight is 385 g/mol. The van der Waals surface area contributed by atoms with Gasteiger partial charge in [0.15, 0.2) is 5.16 Å². The van der Waals surface area contributed by atoms with Gasteiger partial charge in [-0.2, -0.15) is 4.98 Å². The summed E-state index contributed by atoms with van der Waals surface area (Å²) in [5, 5.41) is 1.45. The third-order valence-corrected chi connectivity index (χ3v) is 4.95. The number of aromatic nitrogens is 2. The van der Waals surface area contributed by atoms with E-state index in [4.69, 9.17) is 16.3 Å². The van der Waals surface area contributed by atoms with Crippen LogP contribution in [-0.2, 0) is 5.75 Å². The van der Waals surface area contributed by atoms with Gasteiger partial charge >= 0.3 is 0 Å². The number of ether oxygens (including phenoxy) is 1. The van der Waals surface area contributed by atoms with Gasteiger partial charge in [0.05, 0.1) is 5.69 Å². The van der Waals surface area contributed by atoms with Crippen LogP contribution in [0.15, 0.2) is 59.8 Å². The molecule has 3 aromatic rings. The number of hydrogen-bond acceptors (Lipinski definition) is 4. The van der Waals surface area contributed by atoms with Gasteiger partial charge in [0.2, 0.25) is 5.88 Å². The van der Waals surface area contributed by atoms with Crippen molar-refractivity contribution in [2.75, 3.05) is 0 Å². The molecule has 2 aromatic carbocycles. The van der Waals surface area contributed by atoms with Crippen molar-refractivity contribution in [2.24, 2.45) is 0 Å². The Morgan fingerprint density at radius 2 is 1.81 bits per heavy atom. The Morgan fingerprint density at radius 1 is 1.04 bits per heavy atom. The number of benzene rings is 2. The summed E-state index contributed by atoms with van der Waals surface area (Å²) in [6.45, 7) is 6.28. The summed E-state index contributed by atoms with van der Waals surface area (Å²) in [7, 11) is 0. The van der Waals surface area contributed by atoms with Crippen LogP contribution in [0.2, 0.25) is 5.02 Å². The monoisotopic (exact) mass is 384 g/mol. The number of rotatable bonds is 6. The first-order chi connectivity index (χ1) is 12.5. The van der Waals surface area contributed by atoms with Gasteiger partial charge in [-0.05, 0) is 42.7 Å². The molecule has 0 radical (unpaired) electrons. The predicted octanol–water partition coefficient (Wildman–Crippen LogP) is 6.65. The molecule has 0 bridgehead atoms. The summed E-state index contributed by atoms with van der Waals surface area (Å²) in [6.07, 6.45) is 0. The van der Waals surface area contributed by atoms with E-state index in [1.54, 1.807) is 11.8 Å². The number of halogens is 1. The molecule has 0 spiro atoms. The fraction of sp³-hybridized carbons (Fsp3) is 0.238. The zero-order valence-electron chi connectivity index (χ0n) is 15.1. The SMILES string of the molecule is Cc1ccc(Oc2cc(C(C)C)nc(SCc3cccc(Cl)c3)n2)cc1. The highest BCUT2D eigenvalue weighted by atomic mass is 35.5. The van der Waals surface area contributed by atoms with E-state index >= 15 is 0 Å². The van der Waals surface area contributed by atoms with Gasteiger partial charge < -0.3 is 4.74 Å². The van der Waals surface area contributed by atoms with E-state index < -0.39 is 0 Å². The second kappa shape index (κ2) is 8.56. The number of nitrogens with zero attached hydrogens (tertiary/aromatic N) is 2. The largest absolute Gasteiger partial charge is 0.439 e. The molecule has 0 aliphatic rings. The van der Waals surface area contributed by atoms with Crippen molar-refractivity contribution in [2.45, 2.75) is 37.6 Å². The van der Waals surface area contributed by atoms with Gasteiger partial charge in [-0.3, -0.25) is 0 Å². The van der Waals surface area contributed by atoms with Crippen LogP contribution in [0.1, 0.15) is 36.6 Å². The lowest BCUT2D eigenvalue weighted by Gasteiger charge is -2.11. The van der Waals surface area contributed by atoms with Crippen LogP contribution < -0.4 is 4.74 Å². The Kier molecular flexibility index (Phi) is 6.17. The topological polar surface area (TPSA) is 35.0 Å². The smallest absolute Gasteiger partial charge is 0.223 e. The van der Waals surface area contributed by atoms with Crippen molar-refractivity contribution in [1.82, 2.24) is 9.97 Å². The molecule has 3 rings (SSSR count). The van der Waals surface area contributed by atoms with E-state index in [0.717, 1.165) is 27.8 Å². The van der Waals surface area contributed by atoms with E-state index in [-0.39, 0.29) is 0 Å². The van der Waals surface area contributed by atoms with Crippen LogP contribution in [0.3, 0.4) is 0 Å². The summed E-state index contributed by atoms with van der Waals surface area (Å²) in [4.78, 5) is 9.23. The fourth-order valence-corrected chi connectivity index (χ4v) is 3.35. The highest BCUT2D eigenvalue weighted by Gasteiger charge is 2.10. The number of thioether (sulfide) groups is 1. The number of aryl methyl sites for hydroxylation is 1. The standard InChI is InChI=1S/C21H21ClN2OS/c1-14(2)19-12-20(25-18-9-7-15(3)8-10-18)24-21(23-19)26-13-16-5-4-6-17(22)11-16/h4-12,14H,13H2,1-3H3. The molecule has 1 aromatic heterocycles. The molecule has 134 valence electrons. The molecule has 0 N–H and O–H groups in total. The summed E-state index contributed by atoms with van der Waals surface area (Å²) >= 11 is 7.64. The minimum absolute atomic E-state index is 0.295. The summed E-state index contributed by atoms with van der Waals surface area (Å²) in [6, 6.07) is 17.7. The van der Waals surface area contributed by atoms with Crippen molar-refractivity contribution in [1.29, 1.82) is 0 Å². The van der Waals surface area contributed by atoms with Gasteiger partial charge in [0.1, 0.15) is 5.75 Å². The Hall–Kier alpha value is -2.04. The molecule has 0 fully saturated rings. The maximum absolute atomic E-state index is 6.06. The quantitative estimate of drug-likeness (QED) is 0.352. The van der Waals surface area contributed by atoms with E-state index in [1.807, 2.05) is 48.5 Å². The van der Waals surface area contributed by atoms with E-state index in [1.165, 1.54) is 5.56 Å². The second-order valence-corrected chi connectivity index (χ2v) is 7.78. The molecule has 0 atom stereocenters. The minimum Gasteiger partial charge on any atom is -0.439 e. The first-order valence-corrected chi connectivity index (χ1v) is 9.87. The molecule has 0 amide bonds. The van der Waals surface area contributed by atoms with Crippen molar-refractivity contribution >= 4 is 23.4 Å². The number of hydrogen-bond donors (Lipinski definition) is 0. The maximum Gasteiger partial charge on any atom is 0.223 e. The van der Waals surface area contributed by atoms with Crippen LogP contribution in [0, 0.1) is 6.92 Å². The van der Waals surface area contributed by atoms with Crippen LogP contribution in [0.25, 0.3) is 0 Å². The fourth-order valence-electron chi connectivity index (χ4n) is 2.34.